The second kappa shape index (κ2) is 3.32. The van der Waals surface area contributed by atoms with E-state index in [0.29, 0.717) is 17.6 Å². The molecule has 15 heavy (non-hydrogen) atoms. The van der Waals surface area contributed by atoms with Crippen LogP contribution in [0.1, 0.15) is 24.3 Å². The van der Waals surface area contributed by atoms with E-state index in [4.69, 9.17) is 4.74 Å². The standard InChI is InChI=1S/C13H17NO/c1-15-12-11(9-14-13(12)7-8-13)10-5-3-2-4-6-10/h2-6,11-12,14H,7-9H2,1H3/t11-,12+/m0/s1. The first-order valence-corrected chi connectivity index (χ1v) is 5.68. The first-order valence-electron chi connectivity index (χ1n) is 5.68. The normalized spacial score (nSPS) is 32.1. The molecule has 1 aromatic carbocycles. The zero-order valence-corrected chi connectivity index (χ0v) is 9.07. The summed E-state index contributed by atoms with van der Waals surface area (Å²) < 4.78 is 5.69. The Morgan fingerprint density at radius 3 is 2.60 bits per heavy atom. The molecule has 1 heterocycles. The van der Waals surface area contributed by atoms with Crippen molar-refractivity contribution in [3.8, 4) is 0 Å². The van der Waals surface area contributed by atoms with Gasteiger partial charge in [-0.05, 0) is 18.4 Å². The Morgan fingerprint density at radius 2 is 2.00 bits per heavy atom. The molecule has 2 heteroatoms. The first kappa shape index (κ1) is 9.37. The Hall–Kier alpha value is -0.860. The summed E-state index contributed by atoms with van der Waals surface area (Å²) in [5, 5.41) is 3.63. The van der Waals surface area contributed by atoms with Gasteiger partial charge in [-0.25, -0.2) is 0 Å². The van der Waals surface area contributed by atoms with Crippen LogP contribution >= 0.6 is 0 Å². The molecule has 0 bridgehead atoms. The summed E-state index contributed by atoms with van der Waals surface area (Å²) in [7, 11) is 1.84. The van der Waals surface area contributed by atoms with Crippen LogP contribution in [0.5, 0.6) is 0 Å². The van der Waals surface area contributed by atoms with E-state index in [9.17, 15) is 0 Å². The summed E-state index contributed by atoms with van der Waals surface area (Å²) in [6.45, 7) is 1.06. The molecule has 1 aliphatic carbocycles. The van der Waals surface area contributed by atoms with Gasteiger partial charge in [0.2, 0.25) is 0 Å². The van der Waals surface area contributed by atoms with Crippen molar-refractivity contribution in [3.63, 3.8) is 0 Å². The van der Waals surface area contributed by atoms with Crippen LogP contribution in [0, 0.1) is 0 Å². The Bertz CT molecular complexity index is 345. The van der Waals surface area contributed by atoms with Gasteiger partial charge in [0.25, 0.3) is 0 Å². The molecule has 3 rings (SSSR count). The average Bonchev–Trinajstić information content (AvgIpc) is 2.95. The van der Waals surface area contributed by atoms with Gasteiger partial charge >= 0.3 is 0 Å². The van der Waals surface area contributed by atoms with E-state index >= 15 is 0 Å². The topological polar surface area (TPSA) is 21.3 Å². The smallest absolute Gasteiger partial charge is 0.0833 e. The van der Waals surface area contributed by atoms with Crippen LogP contribution < -0.4 is 5.32 Å². The van der Waals surface area contributed by atoms with Gasteiger partial charge in [0.15, 0.2) is 0 Å². The van der Waals surface area contributed by atoms with Gasteiger partial charge in [-0.3, -0.25) is 0 Å². The van der Waals surface area contributed by atoms with E-state index in [0.717, 1.165) is 6.54 Å². The van der Waals surface area contributed by atoms with Crippen molar-refractivity contribution in [3.05, 3.63) is 35.9 Å². The predicted octanol–water partition coefficient (Wildman–Crippen LogP) is 1.92. The quantitative estimate of drug-likeness (QED) is 0.793. The van der Waals surface area contributed by atoms with Crippen molar-refractivity contribution in [1.29, 1.82) is 0 Å². The minimum atomic E-state index is 0.315. The molecule has 2 aliphatic rings. The van der Waals surface area contributed by atoms with E-state index < -0.39 is 0 Å². The van der Waals surface area contributed by atoms with E-state index in [2.05, 4.69) is 35.6 Å². The molecule has 2 atom stereocenters. The van der Waals surface area contributed by atoms with Crippen LogP contribution in [0.15, 0.2) is 30.3 Å². The molecule has 0 aromatic heterocycles. The second-order valence-electron chi connectivity index (χ2n) is 4.71. The molecule has 1 aromatic rings. The van der Waals surface area contributed by atoms with Crippen LogP contribution in [-0.4, -0.2) is 25.3 Å². The van der Waals surface area contributed by atoms with Gasteiger partial charge in [-0.2, -0.15) is 0 Å². The Balaban J connectivity index is 1.88. The van der Waals surface area contributed by atoms with Crippen molar-refractivity contribution < 1.29 is 4.74 Å². The van der Waals surface area contributed by atoms with Crippen molar-refractivity contribution >= 4 is 0 Å². The molecule has 0 unspecified atom stereocenters. The summed E-state index contributed by atoms with van der Waals surface area (Å²) in [5.41, 5.74) is 1.72. The maximum Gasteiger partial charge on any atom is 0.0833 e. The molecule has 2 fully saturated rings. The minimum absolute atomic E-state index is 0.315. The fourth-order valence-electron chi connectivity index (χ4n) is 2.88. The summed E-state index contributed by atoms with van der Waals surface area (Å²) in [6, 6.07) is 10.7. The Kier molecular flexibility index (Phi) is 2.08. The average molecular weight is 203 g/mol. The number of ether oxygens (including phenoxy) is 1. The number of nitrogens with one attached hydrogen (secondary N) is 1. The molecule has 1 saturated carbocycles. The summed E-state index contributed by atoms with van der Waals surface area (Å²) >= 11 is 0. The third-order valence-corrected chi connectivity index (χ3v) is 3.85. The number of hydrogen-bond donors (Lipinski definition) is 1. The van der Waals surface area contributed by atoms with Crippen molar-refractivity contribution in [2.24, 2.45) is 0 Å². The fourth-order valence-corrected chi connectivity index (χ4v) is 2.88. The lowest BCUT2D eigenvalue weighted by molar-refractivity contribution is 0.0719. The monoisotopic (exact) mass is 203 g/mol. The van der Waals surface area contributed by atoms with E-state index in [1.165, 1.54) is 18.4 Å². The van der Waals surface area contributed by atoms with Gasteiger partial charge in [-0.15, -0.1) is 0 Å². The maximum atomic E-state index is 5.69. The van der Waals surface area contributed by atoms with Crippen LogP contribution in [0.2, 0.25) is 0 Å². The highest BCUT2D eigenvalue weighted by Crippen LogP contribution is 2.49. The highest BCUT2D eigenvalue weighted by Gasteiger charge is 2.56. The molecule has 80 valence electrons. The molecule has 0 amide bonds. The highest BCUT2D eigenvalue weighted by atomic mass is 16.5. The summed E-state index contributed by atoms with van der Waals surface area (Å²) in [6.07, 6.45) is 2.91. The fraction of sp³-hybridized carbons (Fsp3) is 0.538. The molecule has 2 nitrogen and oxygen atoms in total. The molecule has 0 radical (unpaired) electrons. The lowest BCUT2D eigenvalue weighted by atomic mass is 9.92. The Morgan fingerprint density at radius 1 is 1.27 bits per heavy atom. The van der Waals surface area contributed by atoms with E-state index in [1.807, 2.05) is 7.11 Å². The Labute approximate surface area is 90.6 Å². The van der Waals surface area contributed by atoms with Gasteiger partial charge in [0.05, 0.1) is 6.10 Å². The van der Waals surface area contributed by atoms with E-state index in [-0.39, 0.29) is 0 Å². The lowest BCUT2D eigenvalue weighted by Crippen LogP contribution is -2.34. The number of methoxy groups -OCH3 is 1. The van der Waals surface area contributed by atoms with Gasteiger partial charge in [0, 0.05) is 25.1 Å². The lowest BCUT2D eigenvalue weighted by Gasteiger charge is -2.22. The molecule has 1 aliphatic heterocycles. The zero-order chi connectivity index (χ0) is 10.3. The van der Waals surface area contributed by atoms with Crippen molar-refractivity contribution in [2.45, 2.75) is 30.4 Å². The van der Waals surface area contributed by atoms with Gasteiger partial charge < -0.3 is 10.1 Å². The molecule has 1 N–H and O–H groups in total. The molecule has 1 saturated heterocycles. The van der Waals surface area contributed by atoms with Crippen molar-refractivity contribution in [2.75, 3.05) is 13.7 Å². The molecule has 1 spiro atoms. The number of hydrogen-bond acceptors (Lipinski definition) is 2. The van der Waals surface area contributed by atoms with E-state index in [1.54, 1.807) is 0 Å². The third kappa shape index (κ3) is 1.40. The minimum Gasteiger partial charge on any atom is -0.379 e. The van der Waals surface area contributed by atoms with Crippen LogP contribution in [0.3, 0.4) is 0 Å². The third-order valence-electron chi connectivity index (χ3n) is 3.85. The van der Waals surface area contributed by atoms with Crippen molar-refractivity contribution in [1.82, 2.24) is 5.32 Å². The molecular weight excluding hydrogens is 186 g/mol. The van der Waals surface area contributed by atoms with Gasteiger partial charge in [0.1, 0.15) is 0 Å². The summed E-state index contributed by atoms with van der Waals surface area (Å²) in [5.74, 6) is 0.527. The highest BCUT2D eigenvalue weighted by molar-refractivity contribution is 5.29. The molecular formula is C13H17NO. The first-order chi connectivity index (χ1) is 7.36. The van der Waals surface area contributed by atoms with Crippen LogP contribution in [-0.2, 0) is 4.74 Å². The summed E-state index contributed by atoms with van der Waals surface area (Å²) in [4.78, 5) is 0. The number of benzene rings is 1. The zero-order valence-electron chi connectivity index (χ0n) is 9.07. The maximum absolute atomic E-state index is 5.69. The van der Waals surface area contributed by atoms with Gasteiger partial charge in [-0.1, -0.05) is 30.3 Å². The number of rotatable bonds is 2. The van der Waals surface area contributed by atoms with Crippen LogP contribution in [0.25, 0.3) is 0 Å². The second-order valence-corrected chi connectivity index (χ2v) is 4.71. The van der Waals surface area contributed by atoms with Crippen LogP contribution in [0.4, 0.5) is 0 Å². The SMILES string of the molecule is CO[C@@H]1[C@H](c2ccccc2)CNC12CC2. The largest absolute Gasteiger partial charge is 0.379 e. The predicted molar refractivity (Wildman–Crippen MR) is 59.9 cm³/mol.